The summed E-state index contributed by atoms with van der Waals surface area (Å²) in [4.78, 5) is 19.9. The number of H-pyrrole nitrogens is 1. The number of hydrogen-bond acceptors (Lipinski definition) is 3. The monoisotopic (exact) mass is 306 g/mol. The molecule has 116 valence electrons. The van der Waals surface area contributed by atoms with Gasteiger partial charge in [-0.2, -0.15) is 0 Å². The third-order valence-electron chi connectivity index (χ3n) is 3.72. The molecule has 0 fully saturated rings. The second kappa shape index (κ2) is 7.03. The maximum absolute atomic E-state index is 12.4. The molecule has 0 radical (unpaired) electrons. The maximum Gasteiger partial charge on any atom is 0.254 e. The summed E-state index contributed by atoms with van der Waals surface area (Å²) in [5.41, 5.74) is 3.04. The molecular formula is C19H18N2O2. The lowest BCUT2D eigenvalue weighted by Gasteiger charge is -2.10. The minimum Gasteiger partial charge on any atom is -0.396 e. The summed E-state index contributed by atoms with van der Waals surface area (Å²) in [6.07, 6.45) is 0.875. The zero-order chi connectivity index (χ0) is 16.1. The largest absolute Gasteiger partial charge is 0.396 e. The first kappa shape index (κ1) is 15.2. The Bertz CT molecular complexity index is 827. The van der Waals surface area contributed by atoms with Crippen LogP contribution in [0.5, 0.6) is 0 Å². The van der Waals surface area contributed by atoms with Gasteiger partial charge in [0, 0.05) is 30.6 Å². The van der Waals surface area contributed by atoms with Crippen molar-refractivity contribution in [3.8, 4) is 11.4 Å². The highest BCUT2D eigenvalue weighted by Crippen LogP contribution is 2.16. The van der Waals surface area contributed by atoms with Gasteiger partial charge in [-0.25, -0.2) is 4.98 Å². The first-order valence-corrected chi connectivity index (χ1v) is 7.60. The highest BCUT2D eigenvalue weighted by atomic mass is 16.3. The minimum atomic E-state index is -0.182. The van der Waals surface area contributed by atoms with Crippen molar-refractivity contribution in [2.45, 2.75) is 12.8 Å². The Morgan fingerprint density at radius 1 is 0.957 bits per heavy atom. The number of aliphatic hydroxyl groups is 1. The van der Waals surface area contributed by atoms with Gasteiger partial charge in [-0.15, -0.1) is 0 Å². The highest BCUT2D eigenvalue weighted by molar-refractivity contribution is 5.54. The number of rotatable bonds is 5. The number of aromatic nitrogens is 2. The number of hydrogen-bond donors (Lipinski definition) is 2. The van der Waals surface area contributed by atoms with Crippen LogP contribution in [0.1, 0.15) is 16.8 Å². The first-order chi connectivity index (χ1) is 11.3. The summed E-state index contributed by atoms with van der Waals surface area (Å²) >= 11 is 0. The lowest BCUT2D eigenvalue weighted by Crippen LogP contribution is -2.20. The molecule has 4 heteroatoms. The van der Waals surface area contributed by atoms with Crippen LogP contribution in [-0.4, -0.2) is 21.7 Å². The molecule has 4 nitrogen and oxygen atoms in total. The fraction of sp³-hybridized carbons (Fsp3) is 0.158. The van der Waals surface area contributed by atoms with Gasteiger partial charge in [0.1, 0.15) is 5.82 Å². The zero-order valence-corrected chi connectivity index (χ0v) is 12.7. The van der Waals surface area contributed by atoms with Gasteiger partial charge in [0.15, 0.2) is 0 Å². The molecule has 3 rings (SSSR count). The standard InChI is InChI=1S/C19H18N2O2/c22-12-11-16-17(13-14-7-3-1-4-8-14)20-18(21-19(16)23)15-9-5-2-6-10-15/h1-10,22H,11-13H2,(H,20,21,23). The Morgan fingerprint density at radius 2 is 1.61 bits per heavy atom. The van der Waals surface area contributed by atoms with E-state index >= 15 is 0 Å². The Morgan fingerprint density at radius 3 is 2.26 bits per heavy atom. The molecule has 0 amide bonds. The molecule has 0 atom stereocenters. The molecule has 0 spiro atoms. The van der Waals surface area contributed by atoms with Crippen LogP contribution < -0.4 is 5.56 Å². The van der Waals surface area contributed by atoms with Crippen molar-refractivity contribution < 1.29 is 5.11 Å². The van der Waals surface area contributed by atoms with Crippen molar-refractivity contribution in [1.82, 2.24) is 9.97 Å². The van der Waals surface area contributed by atoms with E-state index in [1.807, 2.05) is 60.7 Å². The first-order valence-electron chi connectivity index (χ1n) is 7.60. The van der Waals surface area contributed by atoms with Gasteiger partial charge >= 0.3 is 0 Å². The van der Waals surface area contributed by atoms with Crippen molar-refractivity contribution in [2.75, 3.05) is 6.61 Å². The molecule has 0 aliphatic rings. The fourth-order valence-corrected chi connectivity index (χ4v) is 2.58. The molecule has 0 aliphatic heterocycles. The van der Waals surface area contributed by atoms with E-state index in [2.05, 4.69) is 9.97 Å². The molecule has 3 aromatic rings. The van der Waals surface area contributed by atoms with Crippen molar-refractivity contribution in [3.63, 3.8) is 0 Å². The van der Waals surface area contributed by atoms with E-state index in [-0.39, 0.29) is 12.2 Å². The van der Waals surface area contributed by atoms with E-state index in [1.54, 1.807) is 0 Å². The van der Waals surface area contributed by atoms with Crippen LogP contribution in [0.25, 0.3) is 11.4 Å². The van der Waals surface area contributed by atoms with E-state index in [1.165, 1.54) is 0 Å². The topological polar surface area (TPSA) is 66.0 Å². The second-order valence-electron chi connectivity index (χ2n) is 5.34. The molecule has 1 heterocycles. The summed E-state index contributed by atoms with van der Waals surface area (Å²) in [5, 5.41) is 9.24. The number of benzene rings is 2. The minimum absolute atomic E-state index is 0.0722. The summed E-state index contributed by atoms with van der Waals surface area (Å²) < 4.78 is 0. The average molecular weight is 306 g/mol. The molecule has 0 aliphatic carbocycles. The van der Waals surface area contributed by atoms with Gasteiger partial charge in [-0.05, 0) is 5.56 Å². The lowest BCUT2D eigenvalue weighted by molar-refractivity contribution is 0.298. The predicted molar refractivity (Wildman–Crippen MR) is 90.3 cm³/mol. The van der Waals surface area contributed by atoms with Gasteiger partial charge in [0.2, 0.25) is 0 Å². The van der Waals surface area contributed by atoms with E-state index in [0.29, 0.717) is 29.9 Å². The third kappa shape index (κ3) is 3.55. The molecule has 2 N–H and O–H groups in total. The number of nitrogens with zero attached hydrogens (tertiary/aromatic N) is 1. The normalized spacial score (nSPS) is 10.7. The van der Waals surface area contributed by atoms with Crippen LogP contribution in [0, 0.1) is 0 Å². The SMILES string of the molecule is O=c1[nH]c(-c2ccccc2)nc(Cc2ccccc2)c1CCO. The van der Waals surface area contributed by atoms with E-state index in [4.69, 9.17) is 0 Å². The van der Waals surface area contributed by atoms with Gasteiger partial charge in [-0.1, -0.05) is 60.7 Å². The quantitative estimate of drug-likeness (QED) is 0.761. The van der Waals surface area contributed by atoms with Crippen LogP contribution in [0.2, 0.25) is 0 Å². The molecule has 1 aromatic heterocycles. The van der Waals surface area contributed by atoms with Crippen LogP contribution in [-0.2, 0) is 12.8 Å². The number of nitrogens with one attached hydrogen (secondary N) is 1. The van der Waals surface area contributed by atoms with Crippen LogP contribution >= 0.6 is 0 Å². The predicted octanol–water partition coefficient (Wildman–Crippen LogP) is 2.56. The van der Waals surface area contributed by atoms with E-state index in [9.17, 15) is 9.90 Å². The van der Waals surface area contributed by atoms with Crippen LogP contribution in [0.15, 0.2) is 65.5 Å². The van der Waals surface area contributed by atoms with Crippen molar-refractivity contribution >= 4 is 0 Å². The van der Waals surface area contributed by atoms with Crippen molar-refractivity contribution in [3.05, 3.63) is 87.8 Å². The van der Waals surface area contributed by atoms with Crippen molar-refractivity contribution in [1.29, 1.82) is 0 Å². The van der Waals surface area contributed by atoms with E-state index in [0.717, 1.165) is 11.1 Å². The molecule has 23 heavy (non-hydrogen) atoms. The lowest BCUT2D eigenvalue weighted by atomic mass is 10.0. The van der Waals surface area contributed by atoms with E-state index < -0.39 is 0 Å². The van der Waals surface area contributed by atoms with Gasteiger partial charge in [0.05, 0.1) is 5.69 Å². The van der Waals surface area contributed by atoms with Crippen LogP contribution in [0.4, 0.5) is 0 Å². The smallest absolute Gasteiger partial charge is 0.254 e. The Kier molecular flexibility index (Phi) is 4.64. The van der Waals surface area contributed by atoms with Gasteiger partial charge in [-0.3, -0.25) is 4.79 Å². The van der Waals surface area contributed by atoms with Crippen LogP contribution in [0.3, 0.4) is 0 Å². The Labute approximate surface area is 134 Å². The summed E-state index contributed by atoms with van der Waals surface area (Å²) in [6.45, 7) is -0.0722. The average Bonchev–Trinajstić information content (AvgIpc) is 2.59. The number of aromatic amines is 1. The summed E-state index contributed by atoms with van der Waals surface area (Å²) in [5.74, 6) is 0.559. The maximum atomic E-state index is 12.4. The second-order valence-corrected chi connectivity index (χ2v) is 5.34. The Balaban J connectivity index is 2.07. The molecule has 0 bridgehead atoms. The summed E-state index contributed by atoms with van der Waals surface area (Å²) in [6, 6.07) is 19.5. The fourth-order valence-electron chi connectivity index (χ4n) is 2.58. The number of aliphatic hydroxyl groups excluding tert-OH is 1. The molecule has 0 saturated heterocycles. The summed E-state index contributed by atoms with van der Waals surface area (Å²) in [7, 11) is 0. The zero-order valence-electron chi connectivity index (χ0n) is 12.7. The van der Waals surface area contributed by atoms with Gasteiger partial charge < -0.3 is 10.1 Å². The third-order valence-corrected chi connectivity index (χ3v) is 3.72. The van der Waals surface area contributed by atoms with Crippen molar-refractivity contribution in [2.24, 2.45) is 0 Å². The molecular weight excluding hydrogens is 288 g/mol. The Hall–Kier alpha value is -2.72. The molecule has 0 unspecified atom stereocenters. The van der Waals surface area contributed by atoms with Gasteiger partial charge in [0.25, 0.3) is 5.56 Å². The molecule has 0 saturated carbocycles. The highest BCUT2D eigenvalue weighted by Gasteiger charge is 2.12. The molecule has 2 aromatic carbocycles.